The van der Waals surface area contributed by atoms with Gasteiger partial charge in [-0.25, -0.2) is 4.79 Å². The number of ether oxygens (including phenoxy) is 2. The maximum atomic E-state index is 12.2. The third kappa shape index (κ3) is 11.6. The lowest BCUT2D eigenvalue weighted by Gasteiger charge is -2.12. The van der Waals surface area contributed by atoms with Crippen LogP contribution in [0.15, 0.2) is 24.3 Å². The number of benzene rings is 1. The van der Waals surface area contributed by atoms with Gasteiger partial charge >= 0.3 is 17.9 Å². The summed E-state index contributed by atoms with van der Waals surface area (Å²) in [6.07, 6.45) is 6.71. The summed E-state index contributed by atoms with van der Waals surface area (Å²) in [5, 5.41) is 8.76. The van der Waals surface area contributed by atoms with E-state index in [1.807, 2.05) is 0 Å². The van der Waals surface area contributed by atoms with Crippen LogP contribution in [0.2, 0.25) is 6.04 Å². The predicted molar refractivity (Wildman–Crippen MR) is 116 cm³/mol. The summed E-state index contributed by atoms with van der Waals surface area (Å²) in [5.41, 5.74) is 0.598. The van der Waals surface area contributed by atoms with Crippen LogP contribution in [0.5, 0.6) is 11.5 Å². The van der Waals surface area contributed by atoms with Crippen LogP contribution in [0.3, 0.4) is 0 Å². The second-order valence-corrected chi connectivity index (χ2v) is 15.5. The molecule has 0 aromatic heterocycles. The standard InChI is InChI=1S/C19H25Cl3O5Si/c1-2-3-12-26-16-10-8-15(9-11-18(23)24)14-17(16)27-19(25)7-5-4-6-13-28(20,21)22/h8-11,14H,2-7,12-13H2,1H3,(H,23,24)/b11-9+. The van der Waals surface area contributed by atoms with Crippen molar-refractivity contribution < 1.29 is 24.2 Å². The number of carbonyl (C=O) groups is 2. The highest BCUT2D eigenvalue weighted by molar-refractivity contribution is 7.64. The summed E-state index contributed by atoms with van der Waals surface area (Å²) < 4.78 is 11.1. The van der Waals surface area contributed by atoms with Crippen LogP contribution in [-0.2, 0) is 9.59 Å². The Hall–Kier alpha value is -1.21. The average molecular weight is 468 g/mol. The van der Waals surface area contributed by atoms with Gasteiger partial charge in [0.1, 0.15) is 0 Å². The normalized spacial score (nSPS) is 11.6. The van der Waals surface area contributed by atoms with Crippen molar-refractivity contribution in [3.63, 3.8) is 0 Å². The molecular weight excluding hydrogens is 443 g/mol. The van der Waals surface area contributed by atoms with E-state index in [-0.39, 0.29) is 18.1 Å². The number of rotatable bonds is 13. The van der Waals surface area contributed by atoms with Crippen LogP contribution in [-0.4, -0.2) is 29.7 Å². The third-order valence-corrected chi connectivity index (χ3v) is 6.33. The first-order valence-electron chi connectivity index (χ1n) is 9.16. The lowest BCUT2D eigenvalue weighted by Crippen LogP contribution is -2.10. The Labute approximate surface area is 180 Å². The molecule has 0 fully saturated rings. The van der Waals surface area contributed by atoms with Crippen molar-refractivity contribution in [2.24, 2.45) is 0 Å². The Morgan fingerprint density at radius 3 is 2.50 bits per heavy atom. The fourth-order valence-corrected chi connectivity index (χ4v) is 4.12. The molecular formula is C19H25Cl3O5Si. The van der Waals surface area contributed by atoms with Crippen LogP contribution in [0, 0.1) is 0 Å². The summed E-state index contributed by atoms with van der Waals surface area (Å²) in [7, 11) is 0. The molecule has 9 heteroatoms. The van der Waals surface area contributed by atoms with Gasteiger partial charge in [0.2, 0.25) is 0 Å². The van der Waals surface area contributed by atoms with Crippen molar-refractivity contribution in [3.8, 4) is 11.5 Å². The maximum Gasteiger partial charge on any atom is 0.341 e. The molecule has 0 bridgehead atoms. The molecule has 0 aliphatic heterocycles. The molecule has 0 radical (unpaired) electrons. The lowest BCUT2D eigenvalue weighted by molar-refractivity contribution is -0.134. The van der Waals surface area contributed by atoms with Crippen LogP contribution in [0.4, 0.5) is 0 Å². The van der Waals surface area contributed by atoms with E-state index in [0.717, 1.165) is 31.8 Å². The van der Waals surface area contributed by atoms with Gasteiger partial charge in [0.25, 0.3) is 0 Å². The molecule has 0 saturated carbocycles. The van der Waals surface area contributed by atoms with E-state index in [4.69, 9.17) is 47.8 Å². The highest BCUT2D eigenvalue weighted by Crippen LogP contribution is 2.30. The number of carbonyl (C=O) groups excluding carboxylic acids is 1. The van der Waals surface area contributed by atoms with E-state index in [1.165, 1.54) is 6.08 Å². The fourth-order valence-electron chi connectivity index (χ4n) is 2.27. The Bertz CT molecular complexity index is 674. The van der Waals surface area contributed by atoms with Crippen molar-refractivity contribution in [1.82, 2.24) is 0 Å². The first kappa shape index (κ1) is 24.8. The molecule has 1 N–H and O–H groups in total. The largest absolute Gasteiger partial charge is 0.490 e. The SMILES string of the molecule is CCCCOc1ccc(/C=C/C(=O)O)cc1OC(=O)CCCCC[Si](Cl)(Cl)Cl. The Balaban J connectivity index is 2.68. The minimum atomic E-state index is -2.61. The van der Waals surface area contributed by atoms with Gasteiger partial charge in [-0.15, -0.1) is 33.2 Å². The summed E-state index contributed by atoms with van der Waals surface area (Å²) >= 11 is 17.5. The molecule has 1 aromatic carbocycles. The molecule has 0 aliphatic carbocycles. The van der Waals surface area contributed by atoms with Gasteiger partial charge in [-0.1, -0.05) is 32.3 Å². The van der Waals surface area contributed by atoms with Crippen molar-refractivity contribution in [3.05, 3.63) is 29.8 Å². The third-order valence-electron chi connectivity index (χ3n) is 3.71. The van der Waals surface area contributed by atoms with Gasteiger partial charge in [0.05, 0.1) is 6.61 Å². The zero-order valence-electron chi connectivity index (χ0n) is 15.8. The molecule has 0 atom stereocenters. The zero-order chi connectivity index (χ0) is 21.0. The topological polar surface area (TPSA) is 72.8 Å². The summed E-state index contributed by atoms with van der Waals surface area (Å²) in [4.78, 5) is 22.9. The van der Waals surface area contributed by atoms with Crippen molar-refractivity contribution in [2.45, 2.75) is 51.5 Å². The van der Waals surface area contributed by atoms with Gasteiger partial charge < -0.3 is 14.6 Å². The zero-order valence-corrected chi connectivity index (χ0v) is 19.0. The van der Waals surface area contributed by atoms with Gasteiger partial charge in [0, 0.05) is 12.5 Å². The van der Waals surface area contributed by atoms with E-state index in [2.05, 4.69) is 6.92 Å². The van der Waals surface area contributed by atoms with Crippen LogP contribution in [0.25, 0.3) is 6.08 Å². The predicted octanol–water partition coefficient (Wildman–Crippen LogP) is 6.08. The molecule has 1 aromatic rings. The van der Waals surface area contributed by atoms with Crippen LogP contribution in [0.1, 0.15) is 51.0 Å². The van der Waals surface area contributed by atoms with Crippen LogP contribution < -0.4 is 9.47 Å². The second-order valence-electron chi connectivity index (χ2n) is 6.23. The number of unbranched alkanes of at least 4 members (excludes halogenated alkanes) is 3. The monoisotopic (exact) mass is 466 g/mol. The quantitative estimate of drug-likeness (QED) is 0.0949. The van der Waals surface area contributed by atoms with Crippen molar-refractivity contribution in [1.29, 1.82) is 0 Å². The molecule has 0 amide bonds. The van der Waals surface area contributed by atoms with E-state index >= 15 is 0 Å². The number of hydrogen-bond donors (Lipinski definition) is 1. The van der Waals surface area contributed by atoms with E-state index in [0.29, 0.717) is 30.4 Å². The Morgan fingerprint density at radius 2 is 1.86 bits per heavy atom. The van der Waals surface area contributed by atoms with Gasteiger partial charge in [0.15, 0.2) is 11.5 Å². The van der Waals surface area contributed by atoms with Gasteiger partial charge in [-0.2, -0.15) is 0 Å². The Kier molecular flexibility index (Phi) is 11.6. The smallest absolute Gasteiger partial charge is 0.341 e. The summed E-state index contributed by atoms with van der Waals surface area (Å²) in [5.74, 6) is -0.704. The molecule has 0 spiro atoms. The molecule has 0 aliphatic rings. The molecule has 1 rings (SSSR count). The first-order valence-corrected chi connectivity index (χ1v) is 14.4. The van der Waals surface area contributed by atoms with Gasteiger partial charge in [-0.3, -0.25) is 4.79 Å². The summed E-state index contributed by atoms with van der Waals surface area (Å²) in [6.45, 7) is 2.56. The molecule has 5 nitrogen and oxygen atoms in total. The first-order chi connectivity index (χ1) is 13.2. The van der Waals surface area contributed by atoms with E-state index in [9.17, 15) is 9.59 Å². The van der Waals surface area contributed by atoms with Gasteiger partial charge in [-0.05, 0) is 42.7 Å². The van der Waals surface area contributed by atoms with Crippen molar-refractivity contribution >= 4 is 57.3 Å². The average Bonchev–Trinajstić information content (AvgIpc) is 2.60. The number of esters is 1. The number of carboxylic acid groups (broad SMARTS) is 1. The molecule has 28 heavy (non-hydrogen) atoms. The summed E-state index contributed by atoms with van der Waals surface area (Å²) in [6, 6.07) is 2.93. The molecule has 0 heterocycles. The minimum Gasteiger partial charge on any atom is -0.490 e. The number of hydrogen-bond acceptors (Lipinski definition) is 4. The number of halogens is 3. The maximum absolute atomic E-state index is 12.2. The van der Waals surface area contributed by atoms with Crippen LogP contribution >= 0.6 is 33.2 Å². The second kappa shape index (κ2) is 13.1. The number of carboxylic acids is 1. The fraction of sp³-hybridized carbons (Fsp3) is 0.474. The lowest BCUT2D eigenvalue weighted by atomic mass is 10.2. The highest BCUT2D eigenvalue weighted by Gasteiger charge is 2.23. The minimum absolute atomic E-state index is 0.241. The molecule has 0 saturated heterocycles. The van der Waals surface area contributed by atoms with E-state index in [1.54, 1.807) is 18.2 Å². The van der Waals surface area contributed by atoms with Crippen molar-refractivity contribution in [2.75, 3.05) is 6.61 Å². The molecule has 156 valence electrons. The number of aliphatic carboxylic acids is 1. The van der Waals surface area contributed by atoms with E-state index < -0.39 is 12.0 Å². The Morgan fingerprint density at radius 1 is 1.11 bits per heavy atom. The molecule has 0 unspecified atom stereocenters. The highest BCUT2D eigenvalue weighted by atomic mass is 35.8.